The van der Waals surface area contributed by atoms with E-state index in [1.165, 1.54) is 22.0 Å². The summed E-state index contributed by atoms with van der Waals surface area (Å²) in [7, 11) is 0. The van der Waals surface area contributed by atoms with Crippen molar-refractivity contribution in [2.75, 3.05) is 13.1 Å². The van der Waals surface area contributed by atoms with Gasteiger partial charge in [0, 0.05) is 49.2 Å². The van der Waals surface area contributed by atoms with Gasteiger partial charge in [-0.2, -0.15) is 0 Å². The molecule has 1 saturated heterocycles. The number of para-hydroxylation sites is 1. The van der Waals surface area contributed by atoms with E-state index in [0.717, 1.165) is 38.9 Å². The van der Waals surface area contributed by atoms with Gasteiger partial charge in [-0.1, -0.05) is 48.5 Å². The number of nitrogens with zero attached hydrogens (tertiary/aromatic N) is 1. The van der Waals surface area contributed by atoms with E-state index in [-0.39, 0.29) is 11.9 Å². The van der Waals surface area contributed by atoms with Gasteiger partial charge in [0.1, 0.15) is 0 Å². The number of benzene rings is 2. The zero-order valence-corrected chi connectivity index (χ0v) is 15.7. The van der Waals surface area contributed by atoms with E-state index in [4.69, 9.17) is 0 Å². The van der Waals surface area contributed by atoms with Crippen molar-refractivity contribution >= 4 is 16.8 Å². The monoisotopic (exact) mass is 361 g/mol. The van der Waals surface area contributed by atoms with Crippen LogP contribution < -0.4 is 5.32 Å². The number of hydrogen-bond acceptors (Lipinski definition) is 2. The summed E-state index contributed by atoms with van der Waals surface area (Å²) in [5, 5.41) is 4.49. The number of H-pyrrole nitrogens is 1. The highest BCUT2D eigenvalue weighted by atomic mass is 16.1. The van der Waals surface area contributed by atoms with Crippen molar-refractivity contribution in [3.63, 3.8) is 0 Å². The molecule has 1 aromatic heterocycles. The smallest absolute Gasteiger partial charge is 0.220 e. The van der Waals surface area contributed by atoms with Crippen molar-refractivity contribution < 1.29 is 4.79 Å². The zero-order valence-electron chi connectivity index (χ0n) is 15.7. The molecule has 3 aromatic rings. The van der Waals surface area contributed by atoms with Crippen LogP contribution in [0.15, 0.2) is 60.8 Å². The van der Waals surface area contributed by atoms with Gasteiger partial charge in [0.25, 0.3) is 0 Å². The van der Waals surface area contributed by atoms with Gasteiger partial charge in [0.05, 0.1) is 0 Å². The number of amides is 1. The second-order valence-corrected chi connectivity index (χ2v) is 7.49. The fourth-order valence-electron chi connectivity index (χ4n) is 4.01. The van der Waals surface area contributed by atoms with Crippen LogP contribution in [-0.2, 0) is 17.8 Å². The van der Waals surface area contributed by atoms with Crippen LogP contribution in [0.3, 0.4) is 0 Å². The summed E-state index contributed by atoms with van der Waals surface area (Å²) in [5.74, 6) is 0.182. The number of aromatic amines is 1. The highest BCUT2D eigenvalue weighted by molar-refractivity contribution is 5.83. The molecule has 0 radical (unpaired) electrons. The predicted molar refractivity (Wildman–Crippen MR) is 110 cm³/mol. The second kappa shape index (κ2) is 8.40. The quantitative estimate of drug-likeness (QED) is 0.671. The number of nitrogens with one attached hydrogen (secondary N) is 2. The number of hydrogen-bond donors (Lipinski definition) is 2. The second-order valence-electron chi connectivity index (χ2n) is 7.49. The van der Waals surface area contributed by atoms with Crippen LogP contribution in [0.4, 0.5) is 0 Å². The molecule has 4 rings (SSSR count). The molecule has 27 heavy (non-hydrogen) atoms. The lowest BCUT2D eigenvalue weighted by Crippen LogP contribution is -2.36. The first-order valence-electron chi connectivity index (χ1n) is 9.88. The molecule has 2 N–H and O–H groups in total. The zero-order chi connectivity index (χ0) is 18.5. The minimum Gasteiger partial charge on any atom is -0.361 e. The van der Waals surface area contributed by atoms with E-state index >= 15 is 0 Å². The van der Waals surface area contributed by atoms with E-state index in [9.17, 15) is 4.79 Å². The molecule has 0 spiro atoms. The van der Waals surface area contributed by atoms with Crippen molar-refractivity contribution in [1.29, 1.82) is 0 Å². The Bertz CT molecular complexity index is 887. The normalized spacial score (nSPS) is 17.4. The predicted octanol–water partition coefficient (Wildman–Crippen LogP) is 3.88. The maximum absolute atomic E-state index is 12.3. The number of rotatable bonds is 7. The summed E-state index contributed by atoms with van der Waals surface area (Å²) < 4.78 is 0. The first-order chi connectivity index (χ1) is 13.3. The molecule has 1 fully saturated rings. The largest absolute Gasteiger partial charge is 0.361 e. The van der Waals surface area contributed by atoms with Crippen LogP contribution in [0.5, 0.6) is 0 Å². The van der Waals surface area contributed by atoms with E-state index in [1.807, 2.05) is 12.1 Å². The molecule has 4 heteroatoms. The topological polar surface area (TPSA) is 48.1 Å². The molecular weight excluding hydrogens is 334 g/mol. The highest BCUT2D eigenvalue weighted by Gasteiger charge is 2.23. The minimum absolute atomic E-state index is 0.182. The number of carbonyl (C=O) groups excluding carboxylic acids is 1. The molecule has 1 aliphatic rings. The van der Waals surface area contributed by atoms with Gasteiger partial charge in [-0.15, -0.1) is 0 Å². The summed E-state index contributed by atoms with van der Waals surface area (Å²) >= 11 is 0. The number of carbonyl (C=O) groups is 1. The van der Waals surface area contributed by atoms with Crippen molar-refractivity contribution in [3.8, 4) is 0 Å². The molecule has 1 atom stereocenters. The fraction of sp³-hybridized carbons (Fsp3) is 0.348. The van der Waals surface area contributed by atoms with Gasteiger partial charge in [-0.3, -0.25) is 9.69 Å². The van der Waals surface area contributed by atoms with Gasteiger partial charge in [-0.05, 0) is 36.5 Å². The Hall–Kier alpha value is -2.59. The Morgan fingerprint density at radius 3 is 2.81 bits per heavy atom. The lowest BCUT2D eigenvalue weighted by molar-refractivity contribution is -0.121. The van der Waals surface area contributed by atoms with Gasteiger partial charge >= 0.3 is 0 Å². The first-order valence-corrected chi connectivity index (χ1v) is 9.88. The van der Waals surface area contributed by atoms with Crippen LogP contribution in [0.2, 0.25) is 0 Å². The molecular formula is C23H27N3O. The van der Waals surface area contributed by atoms with E-state index in [0.29, 0.717) is 6.42 Å². The summed E-state index contributed by atoms with van der Waals surface area (Å²) in [5.41, 5.74) is 3.80. The third-order valence-electron chi connectivity index (χ3n) is 5.41. The molecule has 1 aliphatic heterocycles. The Morgan fingerprint density at radius 2 is 1.93 bits per heavy atom. The molecule has 4 nitrogen and oxygen atoms in total. The third kappa shape index (κ3) is 4.58. The summed E-state index contributed by atoms with van der Waals surface area (Å²) in [6.07, 6.45) is 5.52. The van der Waals surface area contributed by atoms with Crippen LogP contribution >= 0.6 is 0 Å². The maximum Gasteiger partial charge on any atom is 0.220 e. The van der Waals surface area contributed by atoms with E-state index in [2.05, 4.69) is 63.9 Å². The fourth-order valence-corrected chi connectivity index (χ4v) is 4.01. The van der Waals surface area contributed by atoms with Gasteiger partial charge < -0.3 is 10.3 Å². The summed E-state index contributed by atoms with van der Waals surface area (Å²) in [6.45, 7) is 2.96. The Morgan fingerprint density at radius 1 is 1.11 bits per heavy atom. The summed E-state index contributed by atoms with van der Waals surface area (Å²) in [4.78, 5) is 18.0. The lowest BCUT2D eigenvalue weighted by Gasteiger charge is -2.16. The van der Waals surface area contributed by atoms with E-state index < -0.39 is 0 Å². The highest BCUT2D eigenvalue weighted by Crippen LogP contribution is 2.19. The van der Waals surface area contributed by atoms with Gasteiger partial charge in [0.2, 0.25) is 5.91 Å². The minimum atomic E-state index is 0.182. The molecule has 0 aliphatic carbocycles. The number of aryl methyl sites for hydroxylation is 1. The van der Waals surface area contributed by atoms with Crippen molar-refractivity contribution in [2.24, 2.45) is 0 Å². The average Bonchev–Trinajstić information content (AvgIpc) is 3.30. The molecule has 0 bridgehead atoms. The number of fused-ring (bicyclic) bond motifs is 1. The van der Waals surface area contributed by atoms with Crippen LogP contribution in [0.25, 0.3) is 10.9 Å². The lowest BCUT2D eigenvalue weighted by atomic mass is 10.1. The van der Waals surface area contributed by atoms with Crippen molar-refractivity contribution in [1.82, 2.24) is 15.2 Å². The van der Waals surface area contributed by atoms with Crippen molar-refractivity contribution in [3.05, 3.63) is 71.9 Å². The number of likely N-dealkylation sites (tertiary alicyclic amines) is 1. The van der Waals surface area contributed by atoms with Gasteiger partial charge in [0.15, 0.2) is 0 Å². The SMILES string of the molecule is O=C(CCCc1c[nH]c2ccccc12)NC1CCN(Cc2ccccc2)C1. The molecule has 0 saturated carbocycles. The molecule has 2 aromatic carbocycles. The van der Waals surface area contributed by atoms with Crippen LogP contribution in [-0.4, -0.2) is 34.9 Å². The van der Waals surface area contributed by atoms with Crippen LogP contribution in [0, 0.1) is 0 Å². The van der Waals surface area contributed by atoms with E-state index in [1.54, 1.807) is 0 Å². The molecule has 1 amide bonds. The van der Waals surface area contributed by atoms with Gasteiger partial charge in [-0.25, -0.2) is 0 Å². The summed E-state index contributed by atoms with van der Waals surface area (Å²) in [6, 6.07) is 19.2. The Balaban J connectivity index is 1.20. The standard InChI is InChI=1S/C23H27N3O/c27-23(12-6-9-19-15-24-22-11-5-4-10-21(19)22)25-20-13-14-26(17-20)16-18-7-2-1-3-8-18/h1-5,7-8,10-11,15,20,24H,6,9,12-14,16-17H2,(H,25,27). The number of aromatic nitrogens is 1. The molecule has 140 valence electrons. The molecule has 1 unspecified atom stereocenters. The third-order valence-corrected chi connectivity index (χ3v) is 5.41. The average molecular weight is 361 g/mol. The van der Waals surface area contributed by atoms with Crippen LogP contribution in [0.1, 0.15) is 30.4 Å². The first kappa shape index (κ1) is 17.8. The molecule has 2 heterocycles. The van der Waals surface area contributed by atoms with Crippen molar-refractivity contribution in [2.45, 2.75) is 38.3 Å². The Labute approximate surface area is 160 Å². The Kier molecular flexibility index (Phi) is 5.54. The maximum atomic E-state index is 12.3.